The molecule has 0 aliphatic rings. The molecular weight excluding hydrogens is 332 g/mol. The van der Waals surface area contributed by atoms with Crippen molar-refractivity contribution in [2.45, 2.75) is 25.8 Å². The molecule has 0 amide bonds. The summed E-state index contributed by atoms with van der Waals surface area (Å²) in [6, 6.07) is 6.32. The molecule has 0 fully saturated rings. The molecule has 88 valence electrons. The fourth-order valence-electron chi connectivity index (χ4n) is 1.51. The lowest BCUT2D eigenvalue weighted by Crippen LogP contribution is -2.28. The number of hydrogen-bond acceptors (Lipinski definition) is 2. The van der Waals surface area contributed by atoms with E-state index in [0.717, 1.165) is 21.8 Å². The Labute approximate surface area is 114 Å². The highest BCUT2D eigenvalue weighted by molar-refractivity contribution is 9.11. The van der Waals surface area contributed by atoms with Gasteiger partial charge in [0.15, 0.2) is 0 Å². The Kier molecular flexibility index (Phi) is 5.69. The molecule has 0 radical (unpaired) electrons. The average molecular weight is 348 g/mol. The van der Waals surface area contributed by atoms with Crippen LogP contribution >= 0.6 is 31.9 Å². The van der Waals surface area contributed by atoms with Crippen LogP contribution in [-0.2, 0) is 0 Å². The number of rotatable bonds is 5. The number of halogens is 2. The first-order valence-corrected chi connectivity index (χ1v) is 6.68. The number of allylic oxidation sites excluding steroid dienone is 1. The molecule has 1 aromatic carbocycles. The van der Waals surface area contributed by atoms with Crippen molar-refractivity contribution >= 4 is 31.9 Å². The SMILES string of the molecule is C=C(C)CCC(NN)c1cc(Br)cc(Br)c1. The van der Waals surface area contributed by atoms with Gasteiger partial charge in [0.2, 0.25) is 0 Å². The van der Waals surface area contributed by atoms with Gasteiger partial charge in [-0.3, -0.25) is 11.3 Å². The molecule has 0 spiro atoms. The third-order valence-electron chi connectivity index (χ3n) is 2.35. The van der Waals surface area contributed by atoms with E-state index in [-0.39, 0.29) is 6.04 Å². The second-order valence-corrected chi connectivity index (χ2v) is 5.75. The van der Waals surface area contributed by atoms with Crippen LogP contribution in [0.4, 0.5) is 0 Å². The Morgan fingerprint density at radius 3 is 2.38 bits per heavy atom. The second kappa shape index (κ2) is 6.55. The van der Waals surface area contributed by atoms with Crippen molar-refractivity contribution in [1.29, 1.82) is 0 Å². The maximum atomic E-state index is 5.58. The summed E-state index contributed by atoms with van der Waals surface area (Å²) in [6.45, 7) is 5.94. The van der Waals surface area contributed by atoms with E-state index < -0.39 is 0 Å². The summed E-state index contributed by atoms with van der Waals surface area (Å²) in [6.07, 6.45) is 1.92. The molecule has 1 rings (SSSR count). The summed E-state index contributed by atoms with van der Waals surface area (Å²) in [4.78, 5) is 0. The molecule has 0 aromatic heterocycles. The summed E-state index contributed by atoms with van der Waals surface area (Å²) in [5.74, 6) is 5.58. The van der Waals surface area contributed by atoms with Gasteiger partial charge in [-0.25, -0.2) is 0 Å². The van der Waals surface area contributed by atoms with Gasteiger partial charge < -0.3 is 0 Å². The molecule has 1 aromatic rings. The highest BCUT2D eigenvalue weighted by atomic mass is 79.9. The zero-order valence-corrected chi connectivity index (χ0v) is 12.4. The topological polar surface area (TPSA) is 38.0 Å². The molecule has 0 bridgehead atoms. The Morgan fingerprint density at radius 2 is 1.94 bits per heavy atom. The van der Waals surface area contributed by atoms with Gasteiger partial charge in [0.25, 0.3) is 0 Å². The van der Waals surface area contributed by atoms with Gasteiger partial charge in [-0.15, -0.1) is 6.58 Å². The summed E-state index contributed by atoms with van der Waals surface area (Å²) in [5.41, 5.74) is 5.19. The molecule has 0 heterocycles. The van der Waals surface area contributed by atoms with Crippen molar-refractivity contribution < 1.29 is 0 Å². The van der Waals surface area contributed by atoms with Gasteiger partial charge in [-0.1, -0.05) is 37.4 Å². The van der Waals surface area contributed by atoms with Crippen LogP contribution in [0.15, 0.2) is 39.3 Å². The first-order valence-electron chi connectivity index (χ1n) is 5.09. The normalized spacial score (nSPS) is 12.5. The van der Waals surface area contributed by atoms with Crippen LogP contribution in [0.25, 0.3) is 0 Å². The van der Waals surface area contributed by atoms with Gasteiger partial charge in [0.05, 0.1) is 0 Å². The van der Waals surface area contributed by atoms with E-state index in [9.17, 15) is 0 Å². The molecule has 0 saturated heterocycles. The van der Waals surface area contributed by atoms with E-state index in [1.807, 2.05) is 13.0 Å². The molecule has 1 atom stereocenters. The van der Waals surface area contributed by atoms with Gasteiger partial charge in [-0.2, -0.15) is 0 Å². The summed E-state index contributed by atoms with van der Waals surface area (Å²) in [5, 5.41) is 0. The standard InChI is InChI=1S/C12H16Br2N2/c1-8(2)3-4-12(16-15)9-5-10(13)7-11(14)6-9/h5-7,12,16H,1,3-4,15H2,2H3. The van der Waals surface area contributed by atoms with Gasteiger partial charge >= 0.3 is 0 Å². The fraction of sp³-hybridized carbons (Fsp3) is 0.333. The molecule has 3 N–H and O–H groups in total. The fourth-order valence-corrected chi connectivity index (χ4v) is 2.84. The van der Waals surface area contributed by atoms with E-state index in [1.165, 1.54) is 11.1 Å². The van der Waals surface area contributed by atoms with E-state index in [1.54, 1.807) is 0 Å². The third-order valence-corrected chi connectivity index (χ3v) is 3.26. The number of hydrazine groups is 1. The number of benzene rings is 1. The monoisotopic (exact) mass is 346 g/mol. The zero-order chi connectivity index (χ0) is 12.1. The number of nitrogens with one attached hydrogen (secondary N) is 1. The minimum absolute atomic E-state index is 0.158. The minimum Gasteiger partial charge on any atom is -0.271 e. The van der Waals surface area contributed by atoms with E-state index in [0.29, 0.717) is 0 Å². The van der Waals surface area contributed by atoms with Crippen LogP contribution in [0.1, 0.15) is 31.4 Å². The number of nitrogens with two attached hydrogens (primary N) is 1. The highest BCUT2D eigenvalue weighted by Gasteiger charge is 2.10. The van der Waals surface area contributed by atoms with Crippen LogP contribution in [0.3, 0.4) is 0 Å². The molecule has 1 unspecified atom stereocenters. The Hall–Kier alpha value is -0.160. The first-order chi connectivity index (χ1) is 7.52. The summed E-state index contributed by atoms with van der Waals surface area (Å²) < 4.78 is 2.10. The van der Waals surface area contributed by atoms with E-state index in [2.05, 4.69) is 56.0 Å². The molecule has 16 heavy (non-hydrogen) atoms. The van der Waals surface area contributed by atoms with Gasteiger partial charge in [0, 0.05) is 15.0 Å². The Bertz CT molecular complexity index is 357. The van der Waals surface area contributed by atoms with Crippen molar-refractivity contribution in [3.8, 4) is 0 Å². The van der Waals surface area contributed by atoms with Gasteiger partial charge in [-0.05, 0) is 43.5 Å². The van der Waals surface area contributed by atoms with Crippen LogP contribution in [-0.4, -0.2) is 0 Å². The van der Waals surface area contributed by atoms with E-state index in [4.69, 9.17) is 5.84 Å². The maximum Gasteiger partial charge on any atom is 0.0463 e. The predicted octanol–water partition coefficient (Wildman–Crippen LogP) is 4.07. The largest absolute Gasteiger partial charge is 0.271 e. The van der Waals surface area contributed by atoms with E-state index >= 15 is 0 Å². The average Bonchev–Trinajstić information content (AvgIpc) is 2.16. The van der Waals surface area contributed by atoms with Crippen molar-refractivity contribution in [1.82, 2.24) is 5.43 Å². The lowest BCUT2D eigenvalue weighted by molar-refractivity contribution is 0.515. The smallest absolute Gasteiger partial charge is 0.0463 e. The quantitative estimate of drug-likeness (QED) is 0.478. The molecular formula is C12H16Br2N2. The van der Waals surface area contributed by atoms with Crippen molar-refractivity contribution in [2.75, 3.05) is 0 Å². The van der Waals surface area contributed by atoms with Gasteiger partial charge in [0.1, 0.15) is 0 Å². The lowest BCUT2D eigenvalue weighted by atomic mass is 10.0. The molecule has 2 nitrogen and oxygen atoms in total. The van der Waals surface area contributed by atoms with Crippen LogP contribution < -0.4 is 11.3 Å². The molecule has 0 aliphatic heterocycles. The third kappa shape index (κ3) is 4.37. The van der Waals surface area contributed by atoms with Crippen molar-refractivity contribution in [3.05, 3.63) is 44.9 Å². The second-order valence-electron chi connectivity index (χ2n) is 3.92. The van der Waals surface area contributed by atoms with Crippen LogP contribution in [0.2, 0.25) is 0 Å². The van der Waals surface area contributed by atoms with Crippen LogP contribution in [0.5, 0.6) is 0 Å². The summed E-state index contributed by atoms with van der Waals surface area (Å²) in [7, 11) is 0. The minimum atomic E-state index is 0.158. The Balaban J connectivity index is 2.81. The zero-order valence-electron chi connectivity index (χ0n) is 9.26. The Morgan fingerprint density at radius 1 is 1.38 bits per heavy atom. The van der Waals surface area contributed by atoms with Crippen molar-refractivity contribution in [2.24, 2.45) is 5.84 Å². The first kappa shape index (κ1) is 13.9. The molecule has 0 aliphatic carbocycles. The van der Waals surface area contributed by atoms with Crippen LogP contribution in [0, 0.1) is 0 Å². The summed E-state index contributed by atoms with van der Waals surface area (Å²) >= 11 is 6.95. The molecule has 0 saturated carbocycles. The lowest BCUT2D eigenvalue weighted by Gasteiger charge is -2.17. The highest BCUT2D eigenvalue weighted by Crippen LogP contribution is 2.26. The maximum absolute atomic E-state index is 5.58. The number of hydrogen-bond donors (Lipinski definition) is 2. The van der Waals surface area contributed by atoms with Crippen molar-refractivity contribution in [3.63, 3.8) is 0 Å². The predicted molar refractivity (Wildman–Crippen MR) is 76.0 cm³/mol. The molecule has 4 heteroatoms.